The van der Waals surface area contributed by atoms with Crippen LogP contribution >= 0.6 is 11.6 Å². The molecule has 4 heteroatoms. The van der Waals surface area contributed by atoms with Crippen molar-refractivity contribution in [3.05, 3.63) is 53.2 Å². The normalized spacial score (nSPS) is 10.1. The van der Waals surface area contributed by atoms with Crippen LogP contribution < -0.4 is 10.5 Å². The summed E-state index contributed by atoms with van der Waals surface area (Å²) in [4.78, 5) is 4.05. The van der Waals surface area contributed by atoms with Crippen LogP contribution in [0.15, 0.2) is 42.6 Å². The van der Waals surface area contributed by atoms with E-state index < -0.39 is 0 Å². The fourth-order valence-corrected chi connectivity index (χ4v) is 1.42. The molecule has 0 radical (unpaired) electrons. The number of para-hydroxylation sites is 1. The van der Waals surface area contributed by atoms with Crippen LogP contribution in [0.5, 0.6) is 11.6 Å². The molecule has 3 nitrogen and oxygen atoms in total. The molecule has 0 saturated heterocycles. The Morgan fingerprint density at radius 1 is 1.19 bits per heavy atom. The third-order valence-electron chi connectivity index (χ3n) is 2.11. The van der Waals surface area contributed by atoms with E-state index in [-0.39, 0.29) is 0 Å². The Hall–Kier alpha value is -1.58. The van der Waals surface area contributed by atoms with Crippen molar-refractivity contribution in [2.24, 2.45) is 5.73 Å². The van der Waals surface area contributed by atoms with Crippen LogP contribution in [0.2, 0.25) is 5.02 Å². The van der Waals surface area contributed by atoms with Crippen molar-refractivity contribution in [1.29, 1.82) is 0 Å². The average Bonchev–Trinajstić information content (AvgIpc) is 2.33. The summed E-state index contributed by atoms with van der Waals surface area (Å²) >= 11 is 5.74. The summed E-state index contributed by atoms with van der Waals surface area (Å²) in [6.07, 6.45) is 1.54. The molecule has 2 N–H and O–H groups in total. The Balaban J connectivity index is 2.23. The highest BCUT2D eigenvalue weighted by molar-refractivity contribution is 6.30. The van der Waals surface area contributed by atoms with Gasteiger partial charge in [-0.3, -0.25) is 0 Å². The van der Waals surface area contributed by atoms with E-state index in [0.717, 1.165) is 11.3 Å². The first kappa shape index (κ1) is 10.9. The maximum Gasteiger partial charge on any atom is 0.219 e. The molecule has 0 saturated carbocycles. The molecule has 2 rings (SSSR count). The summed E-state index contributed by atoms with van der Waals surface area (Å²) in [5, 5.41) is 0.583. The maximum absolute atomic E-state index is 5.74. The smallest absolute Gasteiger partial charge is 0.219 e. The number of rotatable bonds is 3. The number of halogens is 1. The number of pyridine rings is 1. The molecule has 0 atom stereocenters. The SMILES string of the molecule is NCc1ccccc1Oc1ccc(Cl)cn1. The summed E-state index contributed by atoms with van der Waals surface area (Å²) in [6, 6.07) is 11.0. The van der Waals surface area contributed by atoms with Gasteiger partial charge in [-0.05, 0) is 12.1 Å². The Morgan fingerprint density at radius 3 is 2.69 bits per heavy atom. The van der Waals surface area contributed by atoms with Gasteiger partial charge < -0.3 is 10.5 Å². The second kappa shape index (κ2) is 4.96. The van der Waals surface area contributed by atoms with Gasteiger partial charge in [0.15, 0.2) is 0 Å². The van der Waals surface area contributed by atoms with Gasteiger partial charge >= 0.3 is 0 Å². The molecule has 0 amide bonds. The van der Waals surface area contributed by atoms with Crippen LogP contribution in [-0.4, -0.2) is 4.98 Å². The van der Waals surface area contributed by atoms with Crippen LogP contribution in [0.1, 0.15) is 5.56 Å². The minimum absolute atomic E-state index is 0.434. The molecule has 2 aromatic rings. The van der Waals surface area contributed by atoms with E-state index in [9.17, 15) is 0 Å². The van der Waals surface area contributed by atoms with Gasteiger partial charge in [0.25, 0.3) is 0 Å². The lowest BCUT2D eigenvalue weighted by atomic mass is 10.2. The molecule has 1 heterocycles. The van der Waals surface area contributed by atoms with Gasteiger partial charge in [-0.25, -0.2) is 4.98 Å². The van der Waals surface area contributed by atoms with Crippen molar-refractivity contribution in [3.63, 3.8) is 0 Å². The average molecular weight is 235 g/mol. The summed E-state index contributed by atoms with van der Waals surface area (Å²) < 4.78 is 5.61. The molecule has 0 aliphatic carbocycles. The summed E-state index contributed by atoms with van der Waals surface area (Å²) in [7, 11) is 0. The van der Waals surface area contributed by atoms with Crippen molar-refractivity contribution in [2.75, 3.05) is 0 Å². The minimum atomic E-state index is 0.434. The van der Waals surface area contributed by atoms with E-state index in [1.54, 1.807) is 18.3 Å². The van der Waals surface area contributed by atoms with Crippen molar-refractivity contribution in [3.8, 4) is 11.6 Å². The largest absolute Gasteiger partial charge is 0.439 e. The minimum Gasteiger partial charge on any atom is -0.439 e. The Labute approximate surface area is 98.8 Å². The van der Waals surface area contributed by atoms with Crippen molar-refractivity contribution < 1.29 is 4.74 Å². The summed E-state index contributed by atoms with van der Waals surface area (Å²) in [5.41, 5.74) is 6.55. The molecule has 16 heavy (non-hydrogen) atoms. The molecule has 0 aliphatic rings. The fraction of sp³-hybridized carbons (Fsp3) is 0.0833. The van der Waals surface area contributed by atoms with Gasteiger partial charge in [0, 0.05) is 24.4 Å². The zero-order valence-corrected chi connectivity index (χ0v) is 9.32. The van der Waals surface area contributed by atoms with Gasteiger partial charge in [-0.15, -0.1) is 0 Å². The summed E-state index contributed by atoms with van der Waals surface area (Å²) in [5.74, 6) is 1.23. The topological polar surface area (TPSA) is 48.1 Å². The zero-order valence-electron chi connectivity index (χ0n) is 8.56. The first-order chi connectivity index (χ1) is 7.79. The number of ether oxygens (including phenoxy) is 1. The number of hydrogen-bond donors (Lipinski definition) is 1. The van der Waals surface area contributed by atoms with E-state index in [4.69, 9.17) is 22.1 Å². The second-order valence-corrected chi connectivity index (χ2v) is 3.66. The first-order valence-corrected chi connectivity index (χ1v) is 5.25. The van der Waals surface area contributed by atoms with Gasteiger partial charge in [0.2, 0.25) is 5.88 Å². The number of nitrogens with two attached hydrogens (primary N) is 1. The maximum atomic E-state index is 5.74. The van der Waals surface area contributed by atoms with Gasteiger partial charge in [0.05, 0.1) is 5.02 Å². The molecule has 82 valence electrons. The Morgan fingerprint density at radius 2 is 2.00 bits per heavy atom. The third-order valence-corrected chi connectivity index (χ3v) is 2.33. The fourth-order valence-electron chi connectivity index (χ4n) is 1.31. The highest BCUT2D eigenvalue weighted by Crippen LogP contribution is 2.23. The van der Waals surface area contributed by atoms with Crippen LogP contribution in [0.3, 0.4) is 0 Å². The predicted molar refractivity (Wildman–Crippen MR) is 63.7 cm³/mol. The summed E-state index contributed by atoms with van der Waals surface area (Å²) in [6.45, 7) is 0.434. The Kier molecular flexibility index (Phi) is 3.39. The van der Waals surface area contributed by atoms with Crippen molar-refractivity contribution in [2.45, 2.75) is 6.54 Å². The molecule has 0 aliphatic heterocycles. The predicted octanol–water partition coefficient (Wildman–Crippen LogP) is 2.99. The lowest BCUT2D eigenvalue weighted by Crippen LogP contribution is -1.99. The first-order valence-electron chi connectivity index (χ1n) is 4.87. The molecule has 0 unspecified atom stereocenters. The standard InChI is InChI=1S/C12H11ClN2O/c13-10-5-6-12(15-8-10)16-11-4-2-1-3-9(11)7-14/h1-6,8H,7,14H2. The van der Waals surface area contributed by atoms with Crippen LogP contribution in [0.4, 0.5) is 0 Å². The Bertz CT molecular complexity index is 471. The quantitative estimate of drug-likeness (QED) is 0.888. The molecule has 0 fully saturated rings. The number of aromatic nitrogens is 1. The molecular formula is C12H11ClN2O. The molecular weight excluding hydrogens is 224 g/mol. The van der Waals surface area contributed by atoms with E-state index in [0.29, 0.717) is 17.4 Å². The van der Waals surface area contributed by atoms with Crippen LogP contribution in [0, 0.1) is 0 Å². The van der Waals surface area contributed by atoms with Crippen LogP contribution in [0.25, 0.3) is 0 Å². The monoisotopic (exact) mass is 234 g/mol. The number of nitrogens with zero attached hydrogens (tertiary/aromatic N) is 1. The molecule has 1 aromatic carbocycles. The highest BCUT2D eigenvalue weighted by Gasteiger charge is 2.03. The van der Waals surface area contributed by atoms with E-state index in [1.807, 2.05) is 24.3 Å². The van der Waals surface area contributed by atoms with E-state index in [2.05, 4.69) is 4.98 Å². The van der Waals surface area contributed by atoms with E-state index >= 15 is 0 Å². The lowest BCUT2D eigenvalue weighted by Gasteiger charge is -2.08. The van der Waals surface area contributed by atoms with Gasteiger partial charge in [0.1, 0.15) is 5.75 Å². The number of hydrogen-bond acceptors (Lipinski definition) is 3. The van der Waals surface area contributed by atoms with Crippen molar-refractivity contribution in [1.82, 2.24) is 4.98 Å². The van der Waals surface area contributed by atoms with Crippen molar-refractivity contribution >= 4 is 11.6 Å². The van der Waals surface area contributed by atoms with Gasteiger partial charge in [-0.2, -0.15) is 0 Å². The van der Waals surface area contributed by atoms with Crippen LogP contribution in [-0.2, 0) is 6.54 Å². The lowest BCUT2D eigenvalue weighted by molar-refractivity contribution is 0.457. The zero-order chi connectivity index (χ0) is 11.4. The highest BCUT2D eigenvalue weighted by atomic mass is 35.5. The van der Waals surface area contributed by atoms with Gasteiger partial charge in [-0.1, -0.05) is 29.8 Å². The molecule has 0 bridgehead atoms. The molecule has 0 spiro atoms. The second-order valence-electron chi connectivity index (χ2n) is 3.23. The number of benzene rings is 1. The third kappa shape index (κ3) is 2.51. The molecule has 1 aromatic heterocycles. The van der Waals surface area contributed by atoms with E-state index in [1.165, 1.54) is 0 Å².